The maximum absolute atomic E-state index is 15.2. The first-order chi connectivity index (χ1) is 23.5. The van der Waals surface area contributed by atoms with Crippen LogP contribution in [-0.2, 0) is 19.2 Å². The molecule has 0 unspecified atom stereocenters. The Balaban J connectivity index is 1.43. The van der Waals surface area contributed by atoms with E-state index < -0.39 is 111 Å². The van der Waals surface area contributed by atoms with Gasteiger partial charge >= 0.3 is 7.12 Å². The lowest BCUT2D eigenvalue weighted by Crippen LogP contribution is -2.60. The molecule has 3 N–H and O–H groups in total. The molecule has 9 nitrogen and oxygen atoms in total. The van der Waals surface area contributed by atoms with Gasteiger partial charge in [0.05, 0.1) is 17.5 Å². The van der Waals surface area contributed by atoms with Crippen molar-refractivity contribution in [2.45, 2.75) is 28.5 Å². The summed E-state index contributed by atoms with van der Waals surface area (Å²) in [6.45, 7) is 0. The Bertz CT molecular complexity index is 2090. The Kier molecular flexibility index (Phi) is 7.92. The van der Waals surface area contributed by atoms with Crippen LogP contribution in [0.3, 0.4) is 0 Å². The smallest absolute Gasteiger partial charge is 0.488 e. The highest BCUT2D eigenvalue weighted by Gasteiger charge is 2.77. The second-order valence-electron chi connectivity index (χ2n) is 12.4. The third-order valence-corrected chi connectivity index (χ3v) is 11.6. The number of hydrogen-bond donors (Lipinski definition) is 3. The van der Waals surface area contributed by atoms with Gasteiger partial charge in [-0.15, -0.1) is 23.2 Å². The minimum absolute atomic E-state index is 0.0155. The second kappa shape index (κ2) is 11.5. The molecule has 2 saturated heterocycles. The third kappa shape index (κ3) is 4.39. The quantitative estimate of drug-likeness (QED) is 0.0692. The average Bonchev–Trinajstić information content (AvgIpc) is 3.42. The van der Waals surface area contributed by atoms with E-state index in [1.54, 1.807) is 0 Å². The van der Waals surface area contributed by atoms with Crippen molar-refractivity contribution < 1.29 is 56.3 Å². The average molecular weight is 756 g/mol. The summed E-state index contributed by atoms with van der Waals surface area (Å²) in [5.41, 5.74) is -2.11. The van der Waals surface area contributed by atoms with Crippen LogP contribution < -0.4 is 15.3 Å². The van der Waals surface area contributed by atoms with Crippen molar-refractivity contribution in [1.29, 1.82) is 0 Å². The van der Waals surface area contributed by atoms with E-state index in [1.165, 1.54) is 36.4 Å². The topological polar surface area (TPSA) is 135 Å². The van der Waals surface area contributed by atoms with Gasteiger partial charge in [-0.3, -0.25) is 24.1 Å². The number of nitrogens with zero attached hydrogens (tertiary/aromatic N) is 2. The molecule has 258 valence electrons. The monoisotopic (exact) mass is 754 g/mol. The zero-order valence-corrected chi connectivity index (χ0v) is 27.1. The summed E-state index contributed by atoms with van der Waals surface area (Å²) in [4.78, 5) is 51.4. The lowest BCUT2D eigenvalue weighted by atomic mass is 9.56. The number of phenolic OH excluding ortho intramolecular Hbond substituents is 1. The van der Waals surface area contributed by atoms with E-state index in [1.807, 2.05) is 0 Å². The number of phenols is 1. The molecule has 2 heterocycles. The number of hydrogen-bond acceptors (Lipinski definition) is 7. The van der Waals surface area contributed by atoms with Crippen LogP contribution in [-0.4, -0.2) is 55.7 Å². The molecule has 0 spiro atoms. The van der Waals surface area contributed by atoms with Gasteiger partial charge in [0.2, 0.25) is 17.6 Å². The second-order valence-corrected chi connectivity index (χ2v) is 14.1. The number of anilines is 2. The number of amides is 4. The van der Waals surface area contributed by atoms with Crippen LogP contribution in [0.4, 0.5) is 33.3 Å². The highest BCUT2D eigenvalue weighted by atomic mass is 35.5. The summed E-state index contributed by atoms with van der Waals surface area (Å²) >= 11 is 20.3. The van der Waals surface area contributed by atoms with Gasteiger partial charge < -0.3 is 15.2 Å². The molecule has 0 bridgehead atoms. The number of alkyl halides is 2. The van der Waals surface area contributed by atoms with Crippen molar-refractivity contribution in [3.63, 3.8) is 0 Å². The molecule has 0 aromatic heterocycles. The van der Waals surface area contributed by atoms with Crippen molar-refractivity contribution >= 4 is 82.4 Å². The van der Waals surface area contributed by atoms with Gasteiger partial charge in [-0.05, 0) is 54.6 Å². The van der Waals surface area contributed by atoms with E-state index in [9.17, 15) is 47.5 Å². The first-order valence-electron chi connectivity index (χ1n) is 14.8. The zero-order chi connectivity index (χ0) is 36.4. The third-order valence-electron chi connectivity index (χ3n) is 9.95. The summed E-state index contributed by atoms with van der Waals surface area (Å²) in [6.07, 6.45) is 0.559. The van der Waals surface area contributed by atoms with Crippen molar-refractivity contribution in [3.05, 3.63) is 93.8 Å². The van der Waals surface area contributed by atoms with Gasteiger partial charge in [-0.25, -0.2) is 26.9 Å². The van der Waals surface area contributed by atoms with Crippen molar-refractivity contribution in [3.8, 4) is 5.75 Å². The van der Waals surface area contributed by atoms with Crippen molar-refractivity contribution in [2.24, 2.45) is 17.8 Å². The Labute approximate surface area is 293 Å². The fourth-order valence-corrected chi connectivity index (χ4v) is 8.86. The van der Waals surface area contributed by atoms with Gasteiger partial charge in [0.1, 0.15) is 11.4 Å². The number of imide groups is 2. The number of benzene rings is 3. The number of allylic oxidation sites excluding steroid dienone is 2. The molecule has 6 atom stereocenters. The van der Waals surface area contributed by atoms with Crippen LogP contribution in [0, 0.1) is 46.8 Å². The molecule has 2 aliphatic heterocycles. The molecule has 3 aromatic rings. The molecular weight excluding hydrogens is 737 g/mol. The SMILES string of the molecule is O=C1[C@H]2[C@H](CC=C3[C@H]2C[C@@]2(Cl)C(=O)N(c4c(F)c(F)c(F)c(F)c4F)C(=O)[C@@]2(Cl)[C@H]3c2cc(Cl)ccc2O)C(=O)N1c1cccc(B(O)O)c1. The first kappa shape index (κ1) is 34.4. The predicted molar refractivity (Wildman–Crippen MR) is 168 cm³/mol. The van der Waals surface area contributed by atoms with Gasteiger partial charge in [-0.2, -0.15) is 0 Å². The summed E-state index contributed by atoms with van der Waals surface area (Å²) in [5.74, 6) is -23.3. The van der Waals surface area contributed by atoms with Crippen LogP contribution in [0.1, 0.15) is 24.3 Å². The number of aromatic hydroxyl groups is 1. The molecule has 2 aliphatic carbocycles. The molecule has 1 saturated carbocycles. The lowest BCUT2D eigenvalue weighted by Gasteiger charge is -2.50. The Morgan fingerprint density at radius 1 is 0.800 bits per heavy atom. The van der Waals surface area contributed by atoms with E-state index in [2.05, 4.69) is 0 Å². The predicted octanol–water partition coefficient (Wildman–Crippen LogP) is 4.19. The van der Waals surface area contributed by atoms with Crippen molar-refractivity contribution in [1.82, 2.24) is 0 Å². The first-order valence-corrected chi connectivity index (χ1v) is 15.9. The molecule has 50 heavy (non-hydrogen) atoms. The molecule has 3 fully saturated rings. The van der Waals surface area contributed by atoms with E-state index in [0.717, 1.165) is 17.0 Å². The van der Waals surface area contributed by atoms with E-state index in [0.29, 0.717) is 0 Å². The van der Waals surface area contributed by atoms with Gasteiger partial charge in [0.15, 0.2) is 33.0 Å². The van der Waals surface area contributed by atoms with Crippen LogP contribution in [0.15, 0.2) is 54.1 Å². The summed E-state index contributed by atoms with van der Waals surface area (Å²) in [7, 11) is -1.94. The largest absolute Gasteiger partial charge is 0.508 e. The van der Waals surface area contributed by atoms with E-state index in [-0.39, 0.29) is 38.6 Å². The van der Waals surface area contributed by atoms with E-state index >= 15 is 8.78 Å². The molecule has 18 heteroatoms. The zero-order valence-electron chi connectivity index (χ0n) is 24.8. The van der Waals surface area contributed by atoms with Crippen LogP contribution in [0.25, 0.3) is 0 Å². The maximum atomic E-state index is 15.2. The Hall–Kier alpha value is -4.02. The van der Waals surface area contributed by atoms with Crippen LogP contribution in [0.5, 0.6) is 5.75 Å². The minimum atomic E-state index is -2.83. The fourth-order valence-electron chi connectivity index (χ4n) is 7.75. The standard InChI is InChI=1S/C32H19BCl3F5N2O7/c34-12-4-7-18(44)16(9-12)20-14-5-6-15-19(28(46)42(27(15)45)13-3-1-2-11(8-13)33(49)50)17(14)10-31(35)29(47)43(30(48)32(20,31)36)26-24(40)22(38)21(37)23(39)25(26)41/h1-5,7-9,15,17,19-20,44,49-50H,6,10H2/t15-,17+,19-,20+,31+,32-/m0/s1. The molecule has 0 radical (unpaired) electrons. The van der Waals surface area contributed by atoms with Gasteiger partial charge in [0, 0.05) is 16.5 Å². The lowest BCUT2D eigenvalue weighted by molar-refractivity contribution is -0.125. The highest BCUT2D eigenvalue weighted by Crippen LogP contribution is 2.67. The number of carbonyl (C=O) groups excluding carboxylic acids is 4. The normalized spacial score (nSPS) is 28.9. The number of fused-ring (bicyclic) bond motifs is 4. The van der Waals surface area contributed by atoms with Gasteiger partial charge in [0.25, 0.3) is 11.8 Å². The van der Waals surface area contributed by atoms with Gasteiger partial charge in [-0.1, -0.05) is 35.4 Å². The molecule has 4 aliphatic rings. The Morgan fingerprint density at radius 3 is 2.08 bits per heavy atom. The summed E-state index contributed by atoms with van der Waals surface area (Å²) in [6, 6.07) is 8.82. The Morgan fingerprint density at radius 2 is 1.44 bits per heavy atom. The van der Waals surface area contributed by atoms with Crippen LogP contribution >= 0.6 is 34.8 Å². The molecule has 4 amide bonds. The highest BCUT2D eigenvalue weighted by molar-refractivity contribution is 6.59. The van der Waals surface area contributed by atoms with Crippen LogP contribution in [0.2, 0.25) is 5.02 Å². The molecule has 7 rings (SSSR count). The van der Waals surface area contributed by atoms with E-state index in [4.69, 9.17) is 34.8 Å². The summed E-state index contributed by atoms with van der Waals surface area (Å²) < 4.78 is 73.1. The minimum Gasteiger partial charge on any atom is -0.508 e. The molecular formula is C32H19BCl3F5N2O7. The number of carbonyl (C=O) groups is 4. The summed E-state index contributed by atoms with van der Waals surface area (Å²) in [5, 5.41) is 30.3. The molecule has 3 aromatic carbocycles. The maximum Gasteiger partial charge on any atom is 0.488 e. The number of rotatable bonds is 4. The van der Waals surface area contributed by atoms with Crippen molar-refractivity contribution in [2.75, 3.05) is 9.80 Å². The fraction of sp³-hybridized carbons (Fsp3) is 0.250. The number of halogens is 8.